The summed E-state index contributed by atoms with van der Waals surface area (Å²) in [5.41, 5.74) is 5.47. The maximum Gasteiger partial charge on any atom is 0.375 e. The van der Waals surface area contributed by atoms with E-state index >= 15 is 0 Å². The summed E-state index contributed by atoms with van der Waals surface area (Å²) in [4.78, 5) is 50.6. The van der Waals surface area contributed by atoms with E-state index in [0.717, 1.165) is 0 Å². The molecule has 1 aliphatic rings. The number of carbonyl (C=O) groups is 4. The van der Waals surface area contributed by atoms with Crippen molar-refractivity contribution in [1.82, 2.24) is 10.2 Å². The maximum atomic E-state index is 12.7. The number of hydrogen-bond donors (Lipinski definition) is 3. The molecule has 2 rings (SSSR count). The number of nitrogens with one attached hydrogen (secondary N) is 2. The Bertz CT molecular complexity index is 865. The number of amidine groups is 1. The predicted molar refractivity (Wildman–Crippen MR) is 115 cm³/mol. The van der Waals surface area contributed by atoms with Gasteiger partial charge in [0.15, 0.2) is 0 Å². The van der Waals surface area contributed by atoms with Gasteiger partial charge in [0.25, 0.3) is 5.91 Å². The summed E-state index contributed by atoms with van der Waals surface area (Å²) in [6.07, 6.45) is 0.456. The van der Waals surface area contributed by atoms with Crippen molar-refractivity contribution < 1.29 is 23.9 Å². The van der Waals surface area contributed by atoms with Gasteiger partial charge in [0.05, 0.1) is 0 Å². The van der Waals surface area contributed by atoms with Gasteiger partial charge in [-0.05, 0) is 19.1 Å². The van der Waals surface area contributed by atoms with E-state index in [1.807, 2.05) is 0 Å². The largest absolute Gasteiger partial charge is 0.456 e. The molecule has 9 nitrogen and oxygen atoms in total. The summed E-state index contributed by atoms with van der Waals surface area (Å²) >= 11 is 0. The van der Waals surface area contributed by atoms with Crippen LogP contribution in [0.3, 0.4) is 0 Å². The average molecular weight is 431 g/mol. The van der Waals surface area contributed by atoms with Crippen molar-refractivity contribution >= 4 is 29.4 Å². The topological polar surface area (TPSA) is 143 Å². The molecular formula is C22H30N4O5. The molecule has 31 heavy (non-hydrogen) atoms. The van der Waals surface area contributed by atoms with Gasteiger partial charge in [-0.15, -0.1) is 0 Å². The number of hydrogen-bond acceptors (Lipinski definition) is 6. The third-order valence-electron chi connectivity index (χ3n) is 5.07. The van der Waals surface area contributed by atoms with Crippen molar-refractivity contribution in [3.8, 4) is 0 Å². The van der Waals surface area contributed by atoms with Crippen LogP contribution in [-0.2, 0) is 19.1 Å². The summed E-state index contributed by atoms with van der Waals surface area (Å²) in [6, 6.07) is 5.49. The molecule has 4 N–H and O–H groups in total. The van der Waals surface area contributed by atoms with Crippen LogP contribution in [0.5, 0.6) is 0 Å². The zero-order valence-electron chi connectivity index (χ0n) is 18.4. The monoisotopic (exact) mass is 430 g/mol. The minimum Gasteiger partial charge on any atom is -0.456 e. The Balaban J connectivity index is 1.84. The van der Waals surface area contributed by atoms with Gasteiger partial charge in [0, 0.05) is 42.5 Å². The molecule has 1 atom stereocenters. The van der Waals surface area contributed by atoms with E-state index in [-0.39, 0.29) is 11.7 Å². The molecule has 9 heteroatoms. The number of Topliss-reactive ketones (excluding diaryl/α,β-unsaturated/α-hetero) is 1. The average Bonchev–Trinajstić information content (AvgIpc) is 2.72. The van der Waals surface area contributed by atoms with Gasteiger partial charge >= 0.3 is 5.97 Å². The van der Waals surface area contributed by atoms with Gasteiger partial charge in [-0.25, -0.2) is 4.79 Å². The quantitative estimate of drug-likeness (QED) is 0.268. The van der Waals surface area contributed by atoms with Crippen LogP contribution in [0, 0.1) is 10.8 Å². The Morgan fingerprint density at radius 1 is 1.10 bits per heavy atom. The number of nitrogens with zero attached hydrogens (tertiary/aromatic N) is 1. The van der Waals surface area contributed by atoms with E-state index in [9.17, 15) is 19.2 Å². The van der Waals surface area contributed by atoms with Gasteiger partial charge in [-0.1, -0.05) is 32.9 Å². The molecule has 0 radical (unpaired) electrons. The lowest BCUT2D eigenvalue weighted by molar-refractivity contribution is -0.163. The van der Waals surface area contributed by atoms with Crippen LogP contribution in [0.15, 0.2) is 24.3 Å². The summed E-state index contributed by atoms with van der Waals surface area (Å²) in [5.74, 6) is -2.13. The fraction of sp³-hybridized carbons (Fsp3) is 0.500. The number of piperidine rings is 1. The maximum absolute atomic E-state index is 12.7. The molecule has 1 saturated heterocycles. The standard InChI is InChI=1S/C22H30N4O5/c1-13(25-19(28)15-7-5-14(6-8-15)18(23)24)20(29)26-11-9-16(10-12-26)31-21(30)17(27)22(2,3)4/h5-8,13,16H,9-12H2,1-4H3,(H3,23,24)(H,25,28)/t13-/m0/s1. The number of ketones is 1. The molecule has 1 aliphatic heterocycles. The number of likely N-dealkylation sites (tertiary alicyclic amines) is 1. The zero-order chi connectivity index (χ0) is 23.3. The van der Waals surface area contributed by atoms with Crippen LogP contribution >= 0.6 is 0 Å². The van der Waals surface area contributed by atoms with Crippen LogP contribution in [0.4, 0.5) is 0 Å². The number of amides is 2. The normalized spacial score (nSPS) is 15.7. The zero-order valence-corrected chi connectivity index (χ0v) is 18.4. The molecule has 0 bridgehead atoms. The van der Waals surface area contributed by atoms with Gasteiger partial charge in [0.2, 0.25) is 11.7 Å². The van der Waals surface area contributed by atoms with Crippen LogP contribution in [0.25, 0.3) is 0 Å². The molecule has 168 valence electrons. The third-order valence-corrected chi connectivity index (χ3v) is 5.07. The Morgan fingerprint density at radius 3 is 2.10 bits per heavy atom. The molecule has 1 heterocycles. The highest BCUT2D eigenvalue weighted by Gasteiger charge is 2.33. The molecule has 2 amide bonds. The van der Waals surface area contributed by atoms with Gasteiger partial charge < -0.3 is 20.7 Å². The number of nitrogens with two attached hydrogens (primary N) is 1. The number of ether oxygens (including phenoxy) is 1. The summed E-state index contributed by atoms with van der Waals surface area (Å²) in [5, 5.41) is 10.1. The Labute approximate surface area is 181 Å². The van der Waals surface area contributed by atoms with Crippen LogP contribution in [0.2, 0.25) is 0 Å². The van der Waals surface area contributed by atoms with E-state index in [1.54, 1.807) is 56.9 Å². The van der Waals surface area contributed by atoms with Gasteiger partial charge in [-0.2, -0.15) is 0 Å². The predicted octanol–water partition coefficient (Wildman–Crippen LogP) is 1.24. The lowest BCUT2D eigenvalue weighted by Crippen LogP contribution is -2.50. The Hall–Kier alpha value is -3.23. The number of carbonyl (C=O) groups excluding carboxylic acids is 4. The third kappa shape index (κ3) is 6.37. The molecule has 1 fully saturated rings. The molecule has 1 aromatic carbocycles. The minimum atomic E-state index is -0.839. The van der Waals surface area contributed by atoms with E-state index in [0.29, 0.717) is 37.1 Å². The molecule has 0 saturated carbocycles. The molecule has 0 spiro atoms. The number of esters is 1. The van der Waals surface area contributed by atoms with Gasteiger partial charge in [-0.3, -0.25) is 19.8 Å². The van der Waals surface area contributed by atoms with E-state index < -0.39 is 35.2 Å². The lowest BCUT2D eigenvalue weighted by Gasteiger charge is -2.33. The first kappa shape index (κ1) is 24.0. The number of benzene rings is 1. The van der Waals surface area contributed by atoms with Crippen LogP contribution < -0.4 is 11.1 Å². The van der Waals surface area contributed by atoms with E-state index in [4.69, 9.17) is 15.9 Å². The summed E-state index contributed by atoms with van der Waals surface area (Å²) in [6.45, 7) is 7.32. The lowest BCUT2D eigenvalue weighted by atomic mass is 9.91. The smallest absolute Gasteiger partial charge is 0.375 e. The Morgan fingerprint density at radius 2 is 1.61 bits per heavy atom. The first-order valence-electron chi connectivity index (χ1n) is 10.2. The summed E-state index contributed by atoms with van der Waals surface area (Å²) in [7, 11) is 0. The van der Waals surface area contributed by atoms with Crippen molar-refractivity contribution in [2.75, 3.05) is 13.1 Å². The second kappa shape index (κ2) is 9.72. The van der Waals surface area contributed by atoms with Crippen molar-refractivity contribution in [1.29, 1.82) is 5.41 Å². The Kier molecular flexibility index (Phi) is 7.54. The SMILES string of the molecule is C[C@H](NC(=O)c1ccc(C(=N)N)cc1)C(=O)N1CCC(OC(=O)C(=O)C(C)(C)C)CC1. The number of rotatable bonds is 6. The van der Waals surface area contributed by atoms with Crippen molar-refractivity contribution in [2.45, 2.75) is 52.7 Å². The fourth-order valence-corrected chi connectivity index (χ4v) is 3.12. The molecule has 0 unspecified atom stereocenters. The number of nitrogen functional groups attached to an aromatic ring is 1. The highest BCUT2D eigenvalue weighted by molar-refractivity contribution is 6.35. The molecule has 0 aromatic heterocycles. The fourth-order valence-electron chi connectivity index (χ4n) is 3.12. The van der Waals surface area contributed by atoms with Crippen LogP contribution in [-0.4, -0.2) is 59.5 Å². The highest BCUT2D eigenvalue weighted by Crippen LogP contribution is 2.19. The van der Waals surface area contributed by atoms with Gasteiger partial charge in [0.1, 0.15) is 18.0 Å². The second-order valence-electron chi connectivity index (χ2n) is 8.70. The molecule has 0 aliphatic carbocycles. The second-order valence-corrected chi connectivity index (χ2v) is 8.70. The van der Waals surface area contributed by atoms with E-state index in [2.05, 4.69) is 5.32 Å². The van der Waals surface area contributed by atoms with Crippen molar-refractivity contribution in [2.24, 2.45) is 11.1 Å². The molecular weight excluding hydrogens is 400 g/mol. The van der Waals surface area contributed by atoms with E-state index in [1.165, 1.54) is 0 Å². The highest BCUT2D eigenvalue weighted by atomic mass is 16.5. The first-order chi connectivity index (χ1) is 14.4. The van der Waals surface area contributed by atoms with Crippen molar-refractivity contribution in [3.05, 3.63) is 35.4 Å². The minimum absolute atomic E-state index is 0.0904. The molecule has 1 aromatic rings. The van der Waals surface area contributed by atoms with Crippen molar-refractivity contribution in [3.63, 3.8) is 0 Å². The first-order valence-corrected chi connectivity index (χ1v) is 10.2. The van der Waals surface area contributed by atoms with Crippen LogP contribution in [0.1, 0.15) is 56.5 Å². The summed E-state index contributed by atoms with van der Waals surface area (Å²) < 4.78 is 5.30.